The highest BCUT2D eigenvalue weighted by Gasteiger charge is 2.19. The number of carbonyl (C=O) groups is 2. The molecule has 2 aromatic carbocycles. The Balaban J connectivity index is 2.15. The van der Waals surface area contributed by atoms with E-state index in [9.17, 15) is 9.59 Å². The Kier molecular flexibility index (Phi) is 6.03. The van der Waals surface area contributed by atoms with Gasteiger partial charge in [0.1, 0.15) is 5.75 Å². The van der Waals surface area contributed by atoms with Crippen LogP contribution in [0.2, 0.25) is 0 Å². The molecule has 0 heterocycles. The van der Waals surface area contributed by atoms with Crippen LogP contribution in [0.4, 0.5) is 5.69 Å². The van der Waals surface area contributed by atoms with Crippen molar-refractivity contribution >= 4 is 17.5 Å². The Morgan fingerprint density at radius 1 is 0.923 bits per heavy atom. The summed E-state index contributed by atoms with van der Waals surface area (Å²) in [7, 11) is 0. The highest BCUT2D eigenvalue weighted by Crippen LogP contribution is 2.19. The maximum atomic E-state index is 12.5. The van der Waals surface area contributed by atoms with Crippen molar-refractivity contribution in [3.63, 3.8) is 0 Å². The van der Waals surface area contributed by atoms with Gasteiger partial charge in [0, 0.05) is 11.1 Å². The van der Waals surface area contributed by atoms with Crippen molar-refractivity contribution < 1.29 is 14.3 Å². The molecule has 0 fully saturated rings. The quantitative estimate of drug-likeness (QED) is 0.843. The average Bonchev–Trinajstić information content (AvgIpc) is 2.53. The van der Waals surface area contributed by atoms with Gasteiger partial charge >= 0.3 is 0 Å². The summed E-state index contributed by atoms with van der Waals surface area (Å²) in [6, 6.07) is 13.9. The average molecular weight is 354 g/mol. The number of amides is 2. The van der Waals surface area contributed by atoms with Gasteiger partial charge in [-0.05, 0) is 71.0 Å². The molecule has 138 valence electrons. The lowest BCUT2D eigenvalue weighted by Crippen LogP contribution is -2.40. The summed E-state index contributed by atoms with van der Waals surface area (Å²) in [4.78, 5) is 25.0. The van der Waals surface area contributed by atoms with Crippen LogP contribution in [0.3, 0.4) is 0 Å². The number of anilines is 1. The van der Waals surface area contributed by atoms with Gasteiger partial charge in [0.25, 0.3) is 11.8 Å². The molecule has 0 unspecified atom stereocenters. The molecule has 2 rings (SSSR count). The second-order valence-electron chi connectivity index (χ2n) is 7.39. The number of carbonyl (C=O) groups excluding carboxylic acids is 2. The van der Waals surface area contributed by atoms with E-state index >= 15 is 0 Å². The SMILES string of the molecule is CC(C)Oc1ccc(C(=O)Nc2ccccc2C(=O)NC(C)(C)C)cc1. The van der Waals surface area contributed by atoms with Crippen molar-refractivity contribution in [3.8, 4) is 5.75 Å². The molecular formula is C21H26N2O3. The molecule has 0 radical (unpaired) electrons. The molecule has 5 heteroatoms. The normalized spacial score (nSPS) is 11.2. The lowest BCUT2D eigenvalue weighted by molar-refractivity contribution is 0.0920. The van der Waals surface area contributed by atoms with Crippen LogP contribution >= 0.6 is 0 Å². The molecule has 2 aromatic rings. The van der Waals surface area contributed by atoms with E-state index in [-0.39, 0.29) is 23.5 Å². The fraction of sp³-hybridized carbons (Fsp3) is 0.333. The van der Waals surface area contributed by atoms with Gasteiger partial charge in [-0.15, -0.1) is 0 Å². The smallest absolute Gasteiger partial charge is 0.255 e. The molecule has 5 nitrogen and oxygen atoms in total. The van der Waals surface area contributed by atoms with Gasteiger partial charge in [0.15, 0.2) is 0 Å². The van der Waals surface area contributed by atoms with Crippen molar-refractivity contribution in [3.05, 3.63) is 59.7 Å². The minimum atomic E-state index is -0.361. The first kappa shape index (κ1) is 19.5. The first-order chi connectivity index (χ1) is 12.2. The standard InChI is InChI=1S/C21H26N2O3/c1-14(2)26-16-12-10-15(11-13-16)19(24)22-18-9-7-6-8-17(18)20(25)23-21(3,4)5/h6-14H,1-5H3,(H,22,24)(H,23,25). The van der Waals surface area contributed by atoms with Crippen LogP contribution in [0.15, 0.2) is 48.5 Å². The minimum Gasteiger partial charge on any atom is -0.491 e. The third-order valence-electron chi connectivity index (χ3n) is 3.40. The van der Waals surface area contributed by atoms with Gasteiger partial charge in [-0.3, -0.25) is 9.59 Å². The van der Waals surface area contributed by atoms with Crippen LogP contribution in [0.1, 0.15) is 55.3 Å². The molecule has 0 saturated carbocycles. The summed E-state index contributed by atoms with van der Waals surface area (Å²) in [5.74, 6) is 0.202. The molecule has 0 aliphatic carbocycles. The maximum absolute atomic E-state index is 12.5. The molecule has 0 atom stereocenters. The molecule has 26 heavy (non-hydrogen) atoms. The number of rotatable bonds is 5. The molecular weight excluding hydrogens is 328 g/mol. The van der Waals surface area contributed by atoms with Crippen molar-refractivity contribution in [2.24, 2.45) is 0 Å². The molecule has 0 spiro atoms. The van der Waals surface area contributed by atoms with E-state index in [1.807, 2.05) is 34.6 Å². The van der Waals surface area contributed by atoms with Crippen LogP contribution < -0.4 is 15.4 Å². The number of hydrogen-bond donors (Lipinski definition) is 2. The minimum absolute atomic E-state index is 0.0721. The Labute approximate surface area is 154 Å². The molecule has 0 aliphatic rings. The van der Waals surface area contributed by atoms with Gasteiger partial charge in [-0.2, -0.15) is 0 Å². The van der Waals surface area contributed by atoms with Crippen LogP contribution in [0.5, 0.6) is 5.75 Å². The zero-order chi connectivity index (χ0) is 19.3. The van der Waals surface area contributed by atoms with Gasteiger partial charge in [0.2, 0.25) is 0 Å². The van der Waals surface area contributed by atoms with Gasteiger partial charge in [-0.1, -0.05) is 12.1 Å². The summed E-state index contributed by atoms with van der Waals surface area (Å²) in [5, 5.41) is 5.72. The lowest BCUT2D eigenvalue weighted by atomic mass is 10.1. The monoisotopic (exact) mass is 354 g/mol. The second-order valence-corrected chi connectivity index (χ2v) is 7.39. The Morgan fingerprint density at radius 2 is 1.54 bits per heavy atom. The molecule has 2 N–H and O–H groups in total. The Morgan fingerprint density at radius 3 is 2.12 bits per heavy atom. The molecule has 0 aliphatic heterocycles. The van der Waals surface area contributed by atoms with Crippen molar-refractivity contribution in [2.75, 3.05) is 5.32 Å². The Hall–Kier alpha value is -2.82. The molecule has 0 bridgehead atoms. The van der Waals surface area contributed by atoms with E-state index in [4.69, 9.17) is 4.74 Å². The molecule has 2 amide bonds. The maximum Gasteiger partial charge on any atom is 0.255 e. The third-order valence-corrected chi connectivity index (χ3v) is 3.40. The number of hydrogen-bond acceptors (Lipinski definition) is 3. The highest BCUT2D eigenvalue weighted by atomic mass is 16.5. The number of benzene rings is 2. The Bertz CT molecular complexity index is 775. The van der Waals surface area contributed by atoms with Crippen molar-refractivity contribution in [1.82, 2.24) is 5.32 Å². The van der Waals surface area contributed by atoms with E-state index in [0.717, 1.165) is 0 Å². The van der Waals surface area contributed by atoms with Crippen LogP contribution in [-0.2, 0) is 0 Å². The number of nitrogens with one attached hydrogen (secondary N) is 2. The summed E-state index contributed by atoms with van der Waals surface area (Å²) in [6.45, 7) is 9.62. The predicted octanol–water partition coefficient (Wildman–Crippen LogP) is 4.25. The van der Waals surface area contributed by atoms with Crippen molar-refractivity contribution in [1.29, 1.82) is 0 Å². The van der Waals surface area contributed by atoms with Gasteiger partial charge < -0.3 is 15.4 Å². The number of para-hydroxylation sites is 1. The zero-order valence-electron chi connectivity index (χ0n) is 15.9. The summed E-state index contributed by atoms with van der Waals surface area (Å²) >= 11 is 0. The fourth-order valence-electron chi connectivity index (χ4n) is 2.35. The van der Waals surface area contributed by atoms with Gasteiger partial charge in [0.05, 0.1) is 17.4 Å². The fourth-order valence-corrected chi connectivity index (χ4v) is 2.35. The molecule has 0 saturated heterocycles. The van der Waals surface area contributed by atoms with E-state index in [1.54, 1.807) is 48.5 Å². The largest absolute Gasteiger partial charge is 0.491 e. The summed E-state index contributed by atoms with van der Waals surface area (Å²) in [5.41, 5.74) is 1.03. The van der Waals surface area contributed by atoms with Crippen LogP contribution in [0, 0.1) is 0 Å². The van der Waals surface area contributed by atoms with Gasteiger partial charge in [-0.25, -0.2) is 0 Å². The topological polar surface area (TPSA) is 67.4 Å². The second kappa shape index (κ2) is 8.04. The first-order valence-electron chi connectivity index (χ1n) is 8.65. The van der Waals surface area contributed by atoms with Crippen LogP contribution in [-0.4, -0.2) is 23.5 Å². The predicted molar refractivity (Wildman–Crippen MR) is 104 cm³/mol. The van der Waals surface area contributed by atoms with E-state index in [0.29, 0.717) is 22.6 Å². The van der Waals surface area contributed by atoms with E-state index in [2.05, 4.69) is 10.6 Å². The van der Waals surface area contributed by atoms with E-state index < -0.39 is 0 Å². The summed E-state index contributed by atoms with van der Waals surface area (Å²) < 4.78 is 5.58. The zero-order valence-corrected chi connectivity index (χ0v) is 15.9. The lowest BCUT2D eigenvalue weighted by Gasteiger charge is -2.21. The van der Waals surface area contributed by atoms with Crippen LogP contribution in [0.25, 0.3) is 0 Å². The van der Waals surface area contributed by atoms with Crippen molar-refractivity contribution in [2.45, 2.75) is 46.3 Å². The summed E-state index contributed by atoms with van der Waals surface area (Å²) in [6.07, 6.45) is 0.0721. The molecule has 0 aromatic heterocycles. The van der Waals surface area contributed by atoms with E-state index in [1.165, 1.54) is 0 Å². The first-order valence-corrected chi connectivity index (χ1v) is 8.65. The highest BCUT2D eigenvalue weighted by molar-refractivity contribution is 6.09. The third kappa shape index (κ3) is 5.62. The number of ether oxygens (including phenoxy) is 1.